The first-order chi connectivity index (χ1) is 17.6. The summed E-state index contributed by atoms with van der Waals surface area (Å²) in [7, 11) is 0. The molecule has 37 heavy (non-hydrogen) atoms. The van der Waals surface area contributed by atoms with Gasteiger partial charge in [-0.1, -0.05) is 32.9 Å². The number of ether oxygens (including phenoxy) is 1. The topological polar surface area (TPSA) is 106 Å². The average Bonchev–Trinajstić information content (AvgIpc) is 2.83. The molecule has 0 bridgehead atoms. The molecule has 1 aliphatic carbocycles. The van der Waals surface area contributed by atoms with Crippen LogP contribution in [0.2, 0.25) is 0 Å². The summed E-state index contributed by atoms with van der Waals surface area (Å²) in [5.41, 5.74) is 11.3. The van der Waals surface area contributed by atoms with Crippen molar-refractivity contribution in [2.45, 2.75) is 58.8 Å². The highest BCUT2D eigenvalue weighted by Gasteiger charge is 2.26. The minimum atomic E-state index is -0.191. The van der Waals surface area contributed by atoms with Crippen LogP contribution in [0, 0.1) is 5.92 Å². The fourth-order valence-corrected chi connectivity index (χ4v) is 4.63. The largest absolute Gasteiger partial charge is 0.457 e. The maximum absolute atomic E-state index is 13.3. The van der Waals surface area contributed by atoms with Crippen molar-refractivity contribution in [1.82, 2.24) is 4.98 Å². The van der Waals surface area contributed by atoms with E-state index < -0.39 is 0 Å². The molecular formula is C30H36N4O3. The molecule has 0 aliphatic heterocycles. The molecule has 7 heteroatoms. The monoisotopic (exact) mass is 500 g/mol. The van der Waals surface area contributed by atoms with Crippen molar-refractivity contribution in [3.63, 3.8) is 0 Å². The fraction of sp³-hybridized carbons (Fsp3) is 0.367. The first-order valence-electron chi connectivity index (χ1n) is 12.8. The number of aromatic nitrogens is 1. The third-order valence-corrected chi connectivity index (χ3v) is 6.61. The van der Waals surface area contributed by atoms with Gasteiger partial charge in [-0.2, -0.15) is 0 Å². The molecular weight excluding hydrogens is 464 g/mol. The maximum Gasteiger partial charge on any atom is 0.227 e. The lowest BCUT2D eigenvalue weighted by Crippen LogP contribution is -2.28. The molecule has 194 valence electrons. The summed E-state index contributed by atoms with van der Waals surface area (Å²) in [6, 6.07) is 15.7. The standard InChI is InChI=1S/C30H36N4O3/c1-19(35)33-28-18-27(10-12-32-28)37-26-8-7-21-5-6-22(15-23(21)16-26)29(36)34-25-14-20(9-11-31)13-24(17-25)30(2,3)4/h7-8,10,12-14,16-18,22H,5-6,9,11,15,31H2,1-4H3,(H,34,36)(H,32,33,35). The zero-order valence-corrected chi connectivity index (χ0v) is 22.1. The lowest BCUT2D eigenvalue weighted by molar-refractivity contribution is -0.120. The fourth-order valence-electron chi connectivity index (χ4n) is 4.63. The second kappa shape index (κ2) is 11.1. The van der Waals surface area contributed by atoms with Gasteiger partial charge in [0, 0.05) is 30.8 Å². The van der Waals surface area contributed by atoms with Crippen LogP contribution < -0.4 is 21.1 Å². The van der Waals surface area contributed by atoms with E-state index in [0.717, 1.165) is 36.1 Å². The number of nitrogens with two attached hydrogens (primary N) is 1. The van der Waals surface area contributed by atoms with Crippen LogP contribution in [0.4, 0.5) is 11.5 Å². The molecule has 1 heterocycles. The van der Waals surface area contributed by atoms with Crippen molar-refractivity contribution in [3.05, 3.63) is 77.0 Å². The second-order valence-corrected chi connectivity index (χ2v) is 10.7. The van der Waals surface area contributed by atoms with E-state index in [1.807, 2.05) is 18.2 Å². The van der Waals surface area contributed by atoms with Crippen LogP contribution >= 0.6 is 0 Å². The first kappa shape index (κ1) is 26.4. The van der Waals surface area contributed by atoms with Crippen molar-refractivity contribution in [2.24, 2.45) is 11.7 Å². The Kier molecular flexibility index (Phi) is 7.93. The number of benzene rings is 2. The summed E-state index contributed by atoms with van der Waals surface area (Å²) in [4.78, 5) is 28.7. The van der Waals surface area contributed by atoms with Gasteiger partial charge in [-0.3, -0.25) is 9.59 Å². The Balaban J connectivity index is 1.47. The number of amides is 2. The lowest BCUT2D eigenvalue weighted by atomic mass is 9.83. The highest BCUT2D eigenvalue weighted by Crippen LogP contribution is 2.32. The molecule has 0 saturated heterocycles. The summed E-state index contributed by atoms with van der Waals surface area (Å²) < 4.78 is 6.04. The SMILES string of the molecule is CC(=O)Nc1cc(Oc2ccc3c(c2)CC(C(=O)Nc2cc(CCN)cc(C(C)(C)C)c2)CC3)ccn1. The summed E-state index contributed by atoms with van der Waals surface area (Å²) in [6.45, 7) is 8.52. The Labute approximate surface area is 218 Å². The van der Waals surface area contributed by atoms with E-state index in [1.54, 1.807) is 18.3 Å². The molecule has 1 aromatic heterocycles. The molecule has 2 amide bonds. The molecule has 0 radical (unpaired) electrons. The third-order valence-electron chi connectivity index (χ3n) is 6.61. The summed E-state index contributed by atoms with van der Waals surface area (Å²) in [6.07, 6.45) is 4.66. The molecule has 1 unspecified atom stereocenters. The summed E-state index contributed by atoms with van der Waals surface area (Å²) in [5, 5.41) is 5.84. The van der Waals surface area contributed by atoms with Crippen molar-refractivity contribution in [2.75, 3.05) is 17.2 Å². The normalized spacial score (nSPS) is 15.0. The third kappa shape index (κ3) is 6.95. The molecule has 4 N–H and O–H groups in total. The second-order valence-electron chi connectivity index (χ2n) is 10.7. The Morgan fingerprint density at radius 1 is 1.03 bits per heavy atom. The van der Waals surface area contributed by atoms with Crippen molar-refractivity contribution < 1.29 is 14.3 Å². The van der Waals surface area contributed by atoms with Gasteiger partial charge in [0.25, 0.3) is 0 Å². The van der Waals surface area contributed by atoms with E-state index >= 15 is 0 Å². The number of aryl methyl sites for hydroxylation is 1. The van der Waals surface area contributed by atoms with Crippen LogP contribution in [0.3, 0.4) is 0 Å². The molecule has 2 aromatic carbocycles. The zero-order valence-electron chi connectivity index (χ0n) is 22.1. The molecule has 3 aromatic rings. The number of rotatable bonds is 7. The number of nitrogens with zero attached hydrogens (tertiary/aromatic N) is 1. The number of carbonyl (C=O) groups is 2. The number of hydrogen-bond donors (Lipinski definition) is 3. The molecule has 1 aliphatic rings. The Morgan fingerprint density at radius 2 is 1.81 bits per heavy atom. The maximum atomic E-state index is 13.3. The van der Waals surface area contributed by atoms with Crippen LogP contribution in [-0.4, -0.2) is 23.3 Å². The van der Waals surface area contributed by atoms with Gasteiger partial charge in [-0.15, -0.1) is 0 Å². The number of anilines is 2. The van der Waals surface area contributed by atoms with Gasteiger partial charge in [0.05, 0.1) is 0 Å². The van der Waals surface area contributed by atoms with Gasteiger partial charge in [0.15, 0.2) is 0 Å². The molecule has 1 atom stereocenters. The van der Waals surface area contributed by atoms with Crippen molar-refractivity contribution in [1.29, 1.82) is 0 Å². The smallest absolute Gasteiger partial charge is 0.227 e. The van der Waals surface area contributed by atoms with Gasteiger partial charge in [-0.05, 0) is 90.2 Å². The highest BCUT2D eigenvalue weighted by molar-refractivity contribution is 5.93. The van der Waals surface area contributed by atoms with Crippen LogP contribution in [0.5, 0.6) is 11.5 Å². The summed E-state index contributed by atoms with van der Waals surface area (Å²) >= 11 is 0. The van der Waals surface area contributed by atoms with Gasteiger partial charge in [0.1, 0.15) is 17.3 Å². The van der Waals surface area contributed by atoms with E-state index in [4.69, 9.17) is 10.5 Å². The average molecular weight is 501 g/mol. The predicted octanol–water partition coefficient (Wildman–Crippen LogP) is 5.37. The van der Waals surface area contributed by atoms with Crippen LogP contribution in [0.25, 0.3) is 0 Å². The van der Waals surface area contributed by atoms with Gasteiger partial charge in [-0.25, -0.2) is 4.98 Å². The zero-order chi connectivity index (χ0) is 26.6. The van der Waals surface area contributed by atoms with Gasteiger partial charge >= 0.3 is 0 Å². The van der Waals surface area contributed by atoms with E-state index in [0.29, 0.717) is 30.3 Å². The van der Waals surface area contributed by atoms with E-state index in [2.05, 4.69) is 54.6 Å². The Hall–Kier alpha value is -3.71. The number of carbonyl (C=O) groups excluding carboxylic acids is 2. The lowest BCUT2D eigenvalue weighted by Gasteiger charge is -2.25. The quantitative estimate of drug-likeness (QED) is 0.404. The van der Waals surface area contributed by atoms with Crippen molar-refractivity contribution in [3.8, 4) is 11.5 Å². The van der Waals surface area contributed by atoms with Crippen molar-refractivity contribution >= 4 is 23.3 Å². The van der Waals surface area contributed by atoms with Gasteiger partial charge < -0.3 is 21.1 Å². The number of pyridine rings is 1. The highest BCUT2D eigenvalue weighted by atomic mass is 16.5. The predicted molar refractivity (Wildman–Crippen MR) is 147 cm³/mol. The van der Waals surface area contributed by atoms with Crippen LogP contribution in [-0.2, 0) is 34.3 Å². The molecule has 7 nitrogen and oxygen atoms in total. The van der Waals surface area contributed by atoms with E-state index in [1.165, 1.54) is 18.1 Å². The number of hydrogen-bond acceptors (Lipinski definition) is 5. The van der Waals surface area contributed by atoms with E-state index in [9.17, 15) is 9.59 Å². The molecule has 0 saturated carbocycles. The minimum Gasteiger partial charge on any atom is -0.457 e. The first-order valence-corrected chi connectivity index (χ1v) is 12.8. The Bertz CT molecular complexity index is 1300. The van der Waals surface area contributed by atoms with E-state index in [-0.39, 0.29) is 23.1 Å². The van der Waals surface area contributed by atoms with Crippen LogP contribution in [0.15, 0.2) is 54.7 Å². The molecule has 0 fully saturated rings. The molecule has 4 rings (SSSR count). The number of fused-ring (bicyclic) bond motifs is 1. The summed E-state index contributed by atoms with van der Waals surface area (Å²) in [5.74, 6) is 1.43. The Morgan fingerprint density at radius 3 is 2.54 bits per heavy atom. The minimum absolute atomic E-state index is 0.0258. The van der Waals surface area contributed by atoms with Crippen LogP contribution in [0.1, 0.15) is 56.4 Å². The van der Waals surface area contributed by atoms with Gasteiger partial charge in [0.2, 0.25) is 11.8 Å². The number of nitrogens with one attached hydrogen (secondary N) is 2. The molecule has 0 spiro atoms.